The highest BCUT2D eigenvalue weighted by Gasteiger charge is 2.06. The fourth-order valence-corrected chi connectivity index (χ4v) is 1.87. The average molecular weight is 267 g/mol. The molecule has 0 saturated heterocycles. The molecular formula is C13H15ClN2O2. The third-order valence-corrected chi connectivity index (χ3v) is 2.72. The number of nitrogens with zero attached hydrogens (tertiary/aromatic N) is 1. The smallest absolute Gasteiger partial charge is 0.134 e. The fraction of sp³-hybridized carbons (Fsp3) is 0.308. The zero-order valence-corrected chi connectivity index (χ0v) is 10.9. The normalized spacial score (nSPS) is 10.6. The summed E-state index contributed by atoms with van der Waals surface area (Å²) in [6.07, 6.45) is 0.730. The van der Waals surface area contributed by atoms with Crippen LogP contribution in [0.25, 0.3) is 0 Å². The molecule has 0 aliphatic rings. The van der Waals surface area contributed by atoms with Gasteiger partial charge in [-0.2, -0.15) is 0 Å². The molecular weight excluding hydrogens is 252 g/mol. The molecule has 0 bridgehead atoms. The zero-order chi connectivity index (χ0) is 13.0. The lowest BCUT2D eigenvalue weighted by Crippen LogP contribution is -2.05. The summed E-state index contributed by atoms with van der Waals surface area (Å²) in [6, 6.07) is 7.36. The maximum absolute atomic E-state index is 5.95. The zero-order valence-electron chi connectivity index (χ0n) is 10.1. The first kappa shape index (κ1) is 12.9. The van der Waals surface area contributed by atoms with Crippen LogP contribution in [0.5, 0.6) is 5.75 Å². The number of ether oxygens (including phenoxy) is 1. The van der Waals surface area contributed by atoms with Gasteiger partial charge in [0.1, 0.15) is 23.8 Å². The number of rotatable bonds is 5. The fourth-order valence-electron chi connectivity index (χ4n) is 1.68. The lowest BCUT2D eigenvalue weighted by molar-refractivity contribution is 0.285. The Hall–Kier alpha value is -1.52. The summed E-state index contributed by atoms with van der Waals surface area (Å²) in [6.45, 7) is 2.77. The predicted molar refractivity (Wildman–Crippen MR) is 69.8 cm³/mol. The Balaban J connectivity index is 2.08. The van der Waals surface area contributed by atoms with E-state index in [2.05, 4.69) is 5.16 Å². The van der Waals surface area contributed by atoms with Gasteiger partial charge in [0, 0.05) is 11.1 Å². The van der Waals surface area contributed by atoms with Crippen molar-refractivity contribution in [2.75, 3.05) is 6.54 Å². The maximum atomic E-state index is 5.95. The van der Waals surface area contributed by atoms with Gasteiger partial charge in [0.25, 0.3) is 0 Å². The maximum Gasteiger partial charge on any atom is 0.134 e. The summed E-state index contributed by atoms with van der Waals surface area (Å²) in [5, 5.41) is 4.56. The monoisotopic (exact) mass is 266 g/mol. The minimum atomic E-state index is 0.372. The van der Waals surface area contributed by atoms with Crippen LogP contribution in [0.15, 0.2) is 28.8 Å². The minimum absolute atomic E-state index is 0.372. The van der Waals surface area contributed by atoms with Gasteiger partial charge in [-0.05, 0) is 43.7 Å². The van der Waals surface area contributed by atoms with Crippen molar-refractivity contribution in [1.29, 1.82) is 0 Å². The highest BCUT2D eigenvalue weighted by atomic mass is 35.5. The first-order valence-corrected chi connectivity index (χ1v) is 6.10. The van der Waals surface area contributed by atoms with Crippen LogP contribution < -0.4 is 10.5 Å². The van der Waals surface area contributed by atoms with Crippen molar-refractivity contribution < 1.29 is 9.26 Å². The van der Waals surface area contributed by atoms with Gasteiger partial charge in [0.05, 0.1) is 0 Å². The van der Waals surface area contributed by atoms with Crippen molar-refractivity contribution in [2.24, 2.45) is 5.73 Å². The Kier molecular flexibility index (Phi) is 4.23. The summed E-state index contributed by atoms with van der Waals surface area (Å²) in [5.41, 5.74) is 7.33. The molecule has 0 radical (unpaired) electrons. The van der Waals surface area contributed by atoms with Crippen LogP contribution in [0.3, 0.4) is 0 Å². The van der Waals surface area contributed by atoms with E-state index in [9.17, 15) is 0 Å². The number of nitrogens with two attached hydrogens (primary N) is 1. The summed E-state index contributed by atoms with van der Waals surface area (Å²) in [5.74, 6) is 1.55. The largest absolute Gasteiger partial charge is 0.487 e. The van der Waals surface area contributed by atoms with E-state index in [4.69, 9.17) is 26.6 Å². The Morgan fingerprint density at radius 3 is 2.89 bits per heavy atom. The van der Waals surface area contributed by atoms with E-state index < -0.39 is 0 Å². The Bertz CT molecular complexity index is 525. The van der Waals surface area contributed by atoms with Crippen molar-refractivity contribution in [2.45, 2.75) is 20.0 Å². The number of hydrogen-bond acceptors (Lipinski definition) is 4. The number of hydrogen-bond donors (Lipinski definition) is 1. The molecule has 0 unspecified atom stereocenters. The second-order valence-corrected chi connectivity index (χ2v) is 4.44. The van der Waals surface area contributed by atoms with E-state index in [0.717, 1.165) is 29.2 Å². The van der Waals surface area contributed by atoms with Crippen molar-refractivity contribution >= 4 is 11.6 Å². The highest BCUT2D eigenvalue weighted by Crippen LogP contribution is 2.24. The number of aromatic nitrogens is 1. The number of halogens is 1. The molecule has 2 rings (SSSR count). The van der Waals surface area contributed by atoms with E-state index in [0.29, 0.717) is 18.2 Å². The van der Waals surface area contributed by atoms with Gasteiger partial charge in [-0.3, -0.25) is 0 Å². The Morgan fingerprint density at radius 1 is 1.39 bits per heavy atom. The molecule has 0 aliphatic heterocycles. The first-order valence-electron chi connectivity index (χ1n) is 5.72. The summed E-state index contributed by atoms with van der Waals surface area (Å²) in [7, 11) is 0. The Morgan fingerprint density at radius 2 is 2.22 bits per heavy atom. The van der Waals surface area contributed by atoms with Crippen molar-refractivity contribution in [3.8, 4) is 5.75 Å². The molecule has 2 aromatic rings. The molecule has 18 heavy (non-hydrogen) atoms. The highest BCUT2D eigenvalue weighted by molar-refractivity contribution is 6.30. The third-order valence-electron chi connectivity index (χ3n) is 2.49. The molecule has 0 aliphatic carbocycles. The molecule has 0 saturated carbocycles. The standard InChI is InChI=1S/C13H15ClN2O2/c1-9-6-12(16-18-9)8-17-13-3-2-11(14)7-10(13)4-5-15/h2-3,6-7H,4-5,8,15H2,1H3. The van der Waals surface area contributed by atoms with Crippen LogP contribution in [0.1, 0.15) is 17.0 Å². The SMILES string of the molecule is Cc1cc(COc2ccc(Cl)cc2CCN)no1. The van der Waals surface area contributed by atoms with Gasteiger partial charge in [0.2, 0.25) is 0 Å². The van der Waals surface area contributed by atoms with Crippen molar-refractivity contribution in [3.05, 3.63) is 46.3 Å². The van der Waals surface area contributed by atoms with Crippen LogP contribution in [0.4, 0.5) is 0 Å². The Labute approximate surface area is 111 Å². The molecule has 1 aromatic heterocycles. The molecule has 0 spiro atoms. The summed E-state index contributed by atoms with van der Waals surface area (Å²) < 4.78 is 10.7. The summed E-state index contributed by atoms with van der Waals surface area (Å²) >= 11 is 5.95. The quantitative estimate of drug-likeness (QED) is 0.904. The van der Waals surface area contributed by atoms with Crippen molar-refractivity contribution in [3.63, 3.8) is 0 Å². The van der Waals surface area contributed by atoms with Gasteiger partial charge in [-0.25, -0.2) is 0 Å². The molecule has 0 amide bonds. The molecule has 2 N–H and O–H groups in total. The molecule has 4 nitrogen and oxygen atoms in total. The summed E-state index contributed by atoms with van der Waals surface area (Å²) in [4.78, 5) is 0. The third kappa shape index (κ3) is 3.24. The minimum Gasteiger partial charge on any atom is -0.487 e. The van der Waals surface area contributed by atoms with Crippen LogP contribution in [-0.4, -0.2) is 11.7 Å². The van der Waals surface area contributed by atoms with Gasteiger partial charge >= 0.3 is 0 Å². The van der Waals surface area contributed by atoms with E-state index >= 15 is 0 Å². The van der Waals surface area contributed by atoms with Crippen LogP contribution in [0, 0.1) is 6.92 Å². The van der Waals surface area contributed by atoms with E-state index in [1.54, 1.807) is 6.07 Å². The molecule has 1 heterocycles. The number of benzene rings is 1. The molecule has 5 heteroatoms. The predicted octanol–water partition coefficient (Wildman–Crippen LogP) is 2.72. The topological polar surface area (TPSA) is 61.3 Å². The lowest BCUT2D eigenvalue weighted by Gasteiger charge is -2.10. The average Bonchev–Trinajstić information content (AvgIpc) is 2.75. The molecule has 96 valence electrons. The van der Waals surface area contributed by atoms with Gasteiger partial charge in [0.15, 0.2) is 0 Å². The lowest BCUT2D eigenvalue weighted by atomic mass is 10.1. The van der Waals surface area contributed by atoms with Crippen LogP contribution >= 0.6 is 11.6 Å². The second-order valence-electron chi connectivity index (χ2n) is 4.01. The first-order chi connectivity index (χ1) is 8.69. The molecule has 0 atom stereocenters. The van der Waals surface area contributed by atoms with Gasteiger partial charge in [-0.15, -0.1) is 0 Å². The van der Waals surface area contributed by atoms with E-state index in [1.807, 2.05) is 25.1 Å². The van der Waals surface area contributed by atoms with Crippen LogP contribution in [-0.2, 0) is 13.0 Å². The van der Waals surface area contributed by atoms with Gasteiger partial charge < -0.3 is 15.0 Å². The second kappa shape index (κ2) is 5.89. The molecule has 0 fully saturated rings. The van der Waals surface area contributed by atoms with Gasteiger partial charge in [-0.1, -0.05) is 16.8 Å². The number of aryl methyl sites for hydroxylation is 1. The molecule has 1 aromatic carbocycles. The van der Waals surface area contributed by atoms with E-state index in [1.165, 1.54) is 0 Å². The van der Waals surface area contributed by atoms with E-state index in [-0.39, 0.29) is 0 Å². The van der Waals surface area contributed by atoms with Crippen molar-refractivity contribution in [1.82, 2.24) is 5.16 Å². The van der Waals surface area contributed by atoms with Crippen LogP contribution in [0.2, 0.25) is 5.02 Å².